The zero-order chi connectivity index (χ0) is 16.8. The standard InChI is InChI=1S/C20H16O4/c1-22-18-9-5-6-10-19(18)23-24-20(21)17-13-11-16(12-14-17)15-7-3-2-4-8-15/h2-14H,1H3. The largest absolute Gasteiger partial charge is 0.493 e. The molecule has 0 radical (unpaired) electrons. The lowest BCUT2D eigenvalue weighted by Crippen LogP contribution is -2.08. The SMILES string of the molecule is COc1ccccc1OOC(=O)c1ccc(-c2ccccc2)cc1. The molecule has 0 aliphatic rings. The predicted octanol–water partition coefficient (Wildman–Crippen LogP) is 4.51. The fraction of sp³-hybridized carbons (Fsp3) is 0.0500. The van der Waals surface area contributed by atoms with Gasteiger partial charge in [-0.2, -0.15) is 0 Å². The molecule has 0 unspecified atom stereocenters. The number of para-hydroxylation sites is 2. The van der Waals surface area contributed by atoms with E-state index in [1.165, 1.54) is 7.11 Å². The first-order chi connectivity index (χ1) is 11.8. The van der Waals surface area contributed by atoms with Gasteiger partial charge in [0, 0.05) is 0 Å². The fourth-order valence-electron chi connectivity index (χ4n) is 2.25. The van der Waals surface area contributed by atoms with Crippen LogP contribution in [0.1, 0.15) is 10.4 Å². The summed E-state index contributed by atoms with van der Waals surface area (Å²) in [6.45, 7) is 0. The highest BCUT2D eigenvalue weighted by Gasteiger charge is 2.11. The van der Waals surface area contributed by atoms with Crippen LogP contribution in [0.2, 0.25) is 0 Å². The molecule has 3 rings (SSSR count). The zero-order valence-electron chi connectivity index (χ0n) is 13.1. The van der Waals surface area contributed by atoms with Crippen molar-refractivity contribution in [3.8, 4) is 22.6 Å². The lowest BCUT2D eigenvalue weighted by Gasteiger charge is -2.08. The molecule has 0 amide bonds. The smallest absolute Gasteiger partial charge is 0.386 e. The van der Waals surface area contributed by atoms with Crippen LogP contribution in [0, 0.1) is 0 Å². The van der Waals surface area contributed by atoms with Crippen LogP contribution in [0.15, 0.2) is 78.9 Å². The molecular weight excluding hydrogens is 304 g/mol. The molecule has 0 saturated carbocycles. The third kappa shape index (κ3) is 3.55. The molecule has 0 fully saturated rings. The maximum atomic E-state index is 12.1. The summed E-state index contributed by atoms with van der Waals surface area (Å²) in [5.74, 6) is 0.263. The van der Waals surface area contributed by atoms with E-state index in [-0.39, 0.29) is 0 Å². The van der Waals surface area contributed by atoms with Gasteiger partial charge in [-0.05, 0) is 35.4 Å². The first-order valence-corrected chi connectivity index (χ1v) is 7.45. The van der Waals surface area contributed by atoms with E-state index < -0.39 is 5.97 Å². The van der Waals surface area contributed by atoms with Crippen LogP contribution in [-0.2, 0) is 4.89 Å². The summed E-state index contributed by atoms with van der Waals surface area (Å²) in [7, 11) is 1.52. The fourth-order valence-corrected chi connectivity index (χ4v) is 2.25. The van der Waals surface area contributed by atoms with Crippen molar-refractivity contribution in [1.29, 1.82) is 0 Å². The Bertz CT molecular complexity index is 811. The number of benzene rings is 3. The Kier molecular flexibility index (Phi) is 4.77. The molecule has 120 valence electrons. The van der Waals surface area contributed by atoms with Gasteiger partial charge in [0.05, 0.1) is 12.7 Å². The molecule has 4 heteroatoms. The predicted molar refractivity (Wildman–Crippen MR) is 90.9 cm³/mol. The van der Waals surface area contributed by atoms with Gasteiger partial charge in [-0.15, -0.1) is 0 Å². The Hall–Kier alpha value is -3.27. The summed E-state index contributed by atoms with van der Waals surface area (Å²) in [6, 6.07) is 24.0. The summed E-state index contributed by atoms with van der Waals surface area (Å²) in [4.78, 5) is 22.0. The topological polar surface area (TPSA) is 44.8 Å². The molecule has 0 aliphatic carbocycles. The lowest BCUT2D eigenvalue weighted by molar-refractivity contribution is -0.150. The van der Waals surface area contributed by atoms with E-state index in [0.29, 0.717) is 17.1 Å². The van der Waals surface area contributed by atoms with Crippen LogP contribution in [0.3, 0.4) is 0 Å². The Balaban J connectivity index is 1.67. The number of ether oxygens (including phenoxy) is 1. The molecule has 24 heavy (non-hydrogen) atoms. The molecule has 3 aromatic rings. The van der Waals surface area contributed by atoms with Crippen molar-refractivity contribution >= 4 is 5.97 Å². The Morgan fingerprint density at radius 2 is 1.29 bits per heavy atom. The summed E-state index contributed by atoms with van der Waals surface area (Å²) in [5.41, 5.74) is 2.52. The van der Waals surface area contributed by atoms with E-state index in [0.717, 1.165) is 11.1 Å². The first kappa shape index (κ1) is 15.6. The van der Waals surface area contributed by atoms with Crippen molar-refractivity contribution in [2.45, 2.75) is 0 Å². The molecule has 0 atom stereocenters. The first-order valence-electron chi connectivity index (χ1n) is 7.45. The number of carbonyl (C=O) groups is 1. The number of carbonyl (C=O) groups excluding carboxylic acids is 1. The van der Waals surface area contributed by atoms with Gasteiger partial charge in [0.15, 0.2) is 5.75 Å². The lowest BCUT2D eigenvalue weighted by atomic mass is 10.0. The van der Waals surface area contributed by atoms with Gasteiger partial charge in [0.2, 0.25) is 5.75 Å². The third-order valence-electron chi connectivity index (χ3n) is 3.50. The Morgan fingerprint density at radius 1 is 0.708 bits per heavy atom. The minimum Gasteiger partial charge on any atom is -0.493 e. The third-order valence-corrected chi connectivity index (χ3v) is 3.50. The molecule has 0 saturated heterocycles. The zero-order valence-corrected chi connectivity index (χ0v) is 13.1. The van der Waals surface area contributed by atoms with Crippen LogP contribution in [0.5, 0.6) is 11.5 Å². The molecule has 0 bridgehead atoms. The molecule has 3 aromatic carbocycles. The molecule has 0 heterocycles. The monoisotopic (exact) mass is 320 g/mol. The number of hydrogen-bond acceptors (Lipinski definition) is 4. The summed E-state index contributed by atoms with van der Waals surface area (Å²) < 4.78 is 5.13. The highest BCUT2D eigenvalue weighted by atomic mass is 17.2. The summed E-state index contributed by atoms with van der Waals surface area (Å²) in [5, 5.41) is 0. The van der Waals surface area contributed by atoms with Crippen LogP contribution < -0.4 is 9.62 Å². The quantitative estimate of drug-likeness (QED) is 0.512. The maximum absolute atomic E-state index is 12.1. The van der Waals surface area contributed by atoms with Crippen LogP contribution in [-0.4, -0.2) is 13.1 Å². The average Bonchev–Trinajstić information content (AvgIpc) is 2.67. The molecular formula is C20H16O4. The second-order valence-corrected chi connectivity index (χ2v) is 5.05. The van der Waals surface area contributed by atoms with Gasteiger partial charge in [-0.25, -0.2) is 9.68 Å². The normalized spacial score (nSPS) is 10.0. The van der Waals surface area contributed by atoms with Crippen molar-refractivity contribution in [2.75, 3.05) is 7.11 Å². The van der Waals surface area contributed by atoms with E-state index >= 15 is 0 Å². The molecule has 0 spiro atoms. The van der Waals surface area contributed by atoms with Crippen molar-refractivity contribution in [3.63, 3.8) is 0 Å². The second-order valence-electron chi connectivity index (χ2n) is 5.05. The molecule has 0 aromatic heterocycles. The summed E-state index contributed by atoms with van der Waals surface area (Å²) in [6.07, 6.45) is 0. The van der Waals surface area contributed by atoms with Crippen molar-refractivity contribution in [1.82, 2.24) is 0 Å². The van der Waals surface area contributed by atoms with Gasteiger partial charge in [-0.3, -0.25) is 4.89 Å². The molecule has 4 nitrogen and oxygen atoms in total. The highest BCUT2D eigenvalue weighted by molar-refractivity contribution is 5.89. The Labute approximate surface area is 140 Å². The van der Waals surface area contributed by atoms with Crippen molar-refractivity contribution in [3.05, 3.63) is 84.4 Å². The van der Waals surface area contributed by atoms with E-state index in [1.807, 2.05) is 42.5 Å². The van der Waals surface area contributed by atoms with Crippen molar-refractivity contribution in [2.24, 2.45) is 0 Å². The minimum absolute atomic E-state index is 0.342. The average molecular weight is 320 g/mol. The van der Waals surface area contributed by atoms with E-state index in [9.17, 15) is 4.79 Å². The van der Waals surface area contributed by atoms with Crippen LogP contribution >= 0.6 is 0 Å². The maximum Gasteiger partial charge on any atom is 0.386 e. The van der Waals surface area contributed by atoms with Gasteiger partial charge < -0.3 is 4.74 Å². The minimum atomic E-state index is -0.569. The van der Waals surface area contributed by atoms with Gasteiger partial charge in [0.25, 0.3) is 0 Å². The number of methoxy groups -OCH3 is 1. The van der Waals surface area contributed by atoms with Gasteiger partial charge in [0.1, 0.15) is 0 Å². The van der Waals surface area contributed by atoms with E-state index in [1.54, 1.807) is 36.4 Å². The van der Waals surface area contributed by atoms with Crippen molar-refractivity contribution < 1.29 is 19.3 Å². The summed E-state index contributed by atoms with van der Waals surface area (Å²) >= 11 is 0. The second kappa shape index (κ2) is 7.33. The van der Waals surface area contributed by atoms with Crippen LogP contribution in [0.4, 0.5) is 0 Å². The molecule has 0 aliphatic heterocycles. The Morgan fingerprint density at radius 3 is 1.96 bits per heavy atom. The van der Waals surface area contributed by atoms with E-state index in [2.05, 4.69) is 0 Å². The molecule has 0 N–H and O–H groups in total. The van der Waals surface area contributed by atoms with Crippen LogP contribution in [0.25, 0.3) is 11.1 Å². The number of rotatable bonds is 5. The van der Waals surface area contributed by atoms with E-state index in [4.69, 9.17) is 14.5 Å². The van der Waals surface area contributed by atoms with Gasteiger partial charge >= 0.3 is 5.97 Å². The van der Waals surface area contributed by atoms with Gasteiger partial charge in [-0.1, -0.05) is 54.6 Å². The number of hydrogen-bond donors (Lipinski definition) is 0. The highest BCUT2D eigenvalue weighted by Crippen LogP contribution is 2.26.